The molecule has 2 aromatic carbocycles. The number of rotatable bonds is 2. The number of hydrogen-bond donors (Lipinski definition) is 3. The number of H-pyrrole nitrogens is 1. The number of benzene rings is 2. The molecule has 6 nitrogen and oxygen atoms in total. The molecule has 1 aliphatic heterocycles. The number of carbonyl (C=O) groups is 1. The third-order valence-corrected chi connectivity index (χ3v) is 4.23. The highest BCUT2D eigenvalue weighted by molar-refractivity contribution is 6.04. The second-order valence-corrected chi connectivity index (χ2v) is 5.65. The quantitative estimate of drug-likeness (QED) is 0.681. The third kappa shape index (κ3) is 2.33. The molecule has 1 atom stereocenters. The molecule has 6 heteroatoms. The Hall–Kier alpha value is -2.86. The Labute approximate surface area is 132 Å². The maximum Gasteiger partial charge on any atom is 0.326 e. The number of aromatic amines is 1. The smallest absolute Gasteiger partial charge is 0.326 e. The summed E-state index contributed by atoms with van der Waals surface area (Å²) in [5.74, 6) is -0.0340. The predicted octanol–water partition coefficient (Wildman–Crippen LogP) is 2.69. The van der Waals surface area contributed by atoms with E-state index < -0.39 is 0 Å². The Bertz CT molecular complexity index is 874. The normalized spacial score (nSPS) is 16.6. The molecule has 2 heterocycles. The molecule has 0 radical (unpaired) electrons. The Kier molecular flexibility index (Phi) is 3.24. The molecule has 0 saturated carbocycles. The molecule has 23 heavy (non-hydrogen) atoms. The Morgan fingerprint density at radius 3 is 3.09 bits per heavy atom. The van der Waals surface area contributed by atoms with Crippen LogP contribution in [-0.2, 0) is 0 Å². The van der Waals surface area contributed by atoms with Crippen molar-refractivity contribution in [3.05, 3.63) is 54.2 Å². The highest BCUT2D eigenvalue weighted by Crippen LogP contribution is 2.36. The van der Waals surface area contributed by atoms with Gasteiger partial charge in [0, 0.05) is 29.2 Å². The number of hydrogen-bond acceptors (Lipinski definition) is 3. The van der Waals surface area contributed by atoms with Gasteiger partial charge in [-0.15, -0.1) is 0 Å². The van der Waals surface area contributed by atoms with Crippen LogP contribution in [0.2, 0.25) is 0 Å². The number of nitrogens with one attached hydrogen (secondary N) is 2. The molecule has 3 N–H and O–H groups in total. The maximum atomic E-state index is 12.6. The molecular formula is C17H16N4O2. The third-order valence-electron chi connectivity index (χ3n) is 4.23. The predicted molar refractivity (Wildman–Crippen MR) is 88.7 cm³/mol. The molecule has 0 spiro atoms. The molecule has 0 fully saturated rings. The Morgan fingerprint density at radius 2 is 2.22 bits per heavy atom. The number of amides is 2. The van der Waals surface area contributed by atoms with Crippen molar-refractivity contribution in [2.24, 2.45) is 0 Å². The number of aliphatic hydroxyl groups excluding tert-OH is 1. The van der Waals surface area contributed by atoms with Gasteiger partial charge >= 0.3 is 6.03 Å². The molecule has 4 rings (SSSR count). The molecule has 1 aliphatic rings. The van der Waals surface area contributed by atoms with E-state index in [4.69, 9.17) is 0 Å². The summed E-state index contributed by atoms with van der Waals surface area (Å²) in [5.41, 5.74) is 3.51. The first kappa shape index (κ1) is 13.8. The van der Waals surface area contributed by atoms with E-state index in [0.717, 1.165) is 22.2 Å². The van der Waals surface area contributed by atoms with Crippen LogP contribution in [0.1, 0.15) is 11.5 Å². The first-order valence-corrected chi connectivity index (χ1v) is 7.47. The molecule has 0 aliphatic carbocycles. The van der Waals surface area contributed by atoms with Gasteiger partial charge in [0.2, 0.25) is 0 Å². The number of anilines is 2. The molecule has 116 valence electrons. The molecular weight excluding hydrogens is 292 g/mol. The Morgan fingerprint density at radius 1 is 1.35 bits per heavy atom. The van der Waals surface area contributed by atoms with Crippen LogP contribution >= 0.6 is 0 Å². The zero-order chi connectivity index (χ0) is 15.8. The van der Waals surface area contributed by atoms with Crippen LogP contribution in [0.3, 0.4) is 0 Å². The Balaban J connectivity index is 1.59. The van der Waals surface area contributed by atoms with Gasteiger partial charge in [0.1, 0.15) is 0 Å². The number of para-hydroxylation sites is 1. The number of nitrogens with zero attached hydrogens (tertiary/aromatic N) is 2. The van der Waals surface area contributed by atoms with E-state index in [0.29, 0.717) is 12.2 Å². The van der Waals surface area contributed by atoms with Gasteiger partial charge in [-0.2, -0.15) is 5.10 Å². The van der Waals surface area contributed by atoms with Gasteiger partial charge in [-0.3, -0.25) is 10.00 Å². The summed E-state index contributed by atoms with van der Waals surface area (Å²) in [5, 5.41) is 20.2. The van der Waals surface area contributed by atoms with Gasteiger partial charge in [0.05, 0.1) is 18.3 Å². The first-order valence-electron chi connectivity index (χ1n) is 7.47. The minimum absolute atomic E-state index is 0.0295. The van der Waals surface area contributed by atoms with Crippen molar-refractivity contribution in [3.8, 4) is 0 Å². The summed E-state index contributed by atoms with van der Waals surface area (Å²) >= 11 is 0. The van der Waals surface area contributed by atoms with Crippen LogP contribution in [0.4, 0.5) is 16.2 Å². The van der Waals surface area contributed by atoms with E-state index in [9.17, 15) is 9.90 Å². The topological polar surface area (TPSA) is 81.2 Å². The van der Waals surface area contributed by atoms with Crippen LogP contribution in [0, 0.1) is 0 Å². The van der Waals surface area contributed by atoms with Gasteiger partial charge in [-0.05, 0) is 29.8 Å². The van der Waals surface area contributed by atoms with Crippen molar-refractivity contribution >= 4 is 28.3 Å². The summed E-state index contributed by atoms with van der Waals surface area (Å²) in [4.78, 5) is 14.3. The maximum absolute atomic E-state index is 12.6. The number of fused-ring (bicyclic) bond motifs is 2. The minimum atomic E-state index is -0.198. The molecule has 0 saturated heterocycles. The van der Waals surface area contributed by atoms with Gasteiger partial charge in [-0.25, -0.2) is 4.79 Å². The van der Waals surface area contributed by atoms with Crippen molar-refractivity contribution in [3.63, 3.8) is 0 Å². The van der Waals surface area contributed by atoms with Gasteiger partial charge in [0.15, 0.2) is 0 Å². The summed E-state index contributed by atoms with van der Waals surface area (Å²) < 4.78 is 0. The highest BCUT2D eigenvalue weighted by Gasteiger charge is 2.31. The van der Waals surface area contributed by atoms with E-state index in [1.807, 2.05) is 42.5 Å². The lowest BCUT2D eigenvalue weighted by molar-refractivity contribution is 0.253. The molecule has 1 unspecified atom stereocenters. The SMILES string of the molecule is O=C(Nc1ccc2[nH]ncc2c1)N1CC(CO)c2ccccc21. The summed E-state index contributed by atoms with van der Waals surface area (Å²) in [7, 11) is 0. The van der Waals surface area contributed by atoms with Crippen LogP contribution in [0.5, 0.6) is 0 Å². The van der Waals surface area contributed by atoms with E-state index in [1.165, 1.54) is 0 Å². The number of aliphatic hydroxyl groups is 1. The van der Waals surface area contributed by atoms with Crippen molar-refractivity contribution in [1.29, 1.82) is 0 Å². The largest absolute Gasteiger partial charge is 0.396 e. The van der Waals surface area contributed by atoms with E-state index in [1.54, 1.807) is 11.1 Å². The van der Waals surface area contributed by atoms with Crippen LogP contribution in [0.15, 0.2) is 48.7 Å². The lowest BCUT2D eigenvalue weighted by atomic mass is 10.0. The number of urea groups is 1. The van der Waals surface area contributed by atoms with E-state index >= 15 is 0 Å². The number of aromatic nitrogens is 2. The van der Waals surface area contributed by atoms with Crippen molar-refractivity contribution < 1.29 is 9.90 Å². The van der Waals surface area contributed by atoms with Crippen LogP contribution < -0.4 is 10.2 Å². The van der Waals surface area contributed by atoms with Crippen molar-refractivity contribution in [2.75, 3.05) is 23.4 Å². The first-order chi connectivity index (χ1) is 11.3. The monoisotopic (exact) mass is 308 g/mol. The molecule has 1 aromatic heterocycles. The fourth-order valence-corrected chi connectivity index (χ4v) is 3.06. The minimum Gasteiger partial charge on any atom is -0.396 e. The van der Waals surface area contributed by atoms with Crippen LogP contribution in [0.25, 0.3) is 10.9 Å². The van der Waals surface area contributed by atoms with Gasteiger partial charge in [0.25, 0.3) is 0 Å². The van der Waals surface area contributed by atoms with Gasteiger partial charge in [-0.1, -0.05) is 18.2 Å². The second-order valence-electron chi connectivity index (χ2n) is 5.65. The van der Waals surface area contributed by atoms with Crippen LogP contribution in [-0.4, -0.2) is 34.5 Å². The van der Waals surface area contributed by atoms with E-state index in [-0.39, 0.29) is 18.6 Å². The summed E-state index contributed by atoms with van der Waals surface area (Å²) in [6.45, 7) is 0.511. The molecule has 0 bridgehead atoms. The second kappa shape index (κ2) is 5.40. The molecule has 2 amide bonds. The van der Waals surface area contributed by atoms with Gasteiger partial charge < -0.3 is 10.4 Å². The van der Waals surface area contributed by atoms with Crippen molar-refractivity contribution in [2.45, 2.75) is 5.92 Å². The summed E-state index contributed by atoms with van der Waals surface area (Å²) in [6.07, 6.45) is 1.72. The highest BCUT2D eigenvalue weighted by atomic mass is 16.3. The zero-order valence-electron chi connectivity index (χ0n) is 12.4. The van der Waals surface area contributed by atoms with E-state index in [2.05, 4.69) is 15.5 Å². The molecule has 3 aromatic rings. The number of carbonyl (C=O) groups excluding carboxylic acids is 1. The van der Waals surface area contributed by atoms with Crippen molar-refractivity contribution in [1.82, 2.24) is 10.2 Å². The lowest BCUT2D eigenvalue weighted by Crippen LogP contribution is -2.34. The average Bonchev–Trinajstić information content (AvgIpc) is 3.18. The fourth-order valence-electron chi connectivity index (χ4n) is 3.06. The fraction of sp³-hybridized carbons (Fsp3) is 0.176. The average molecular weight is 308 g/mol. The lowest BCUT2D eigenvalue weighted by Gasteiger charge is -2.18. The standard InChI is InChI=1S/C17H16N4O2/c22-10-12-9-21(16-4-2-1-3-14(12)16)17(23)19-13-5-6-15-11(7-13)8-18-20-15/h1-8,12,22H,9-10H2,(H,18,20)(H,19,23). The zero-order valence-corrected chi connectivity index (χ0v) is 12.4. The summed E-state index contributed by atoms with van der Waals surface area (Å²) in [6, 6.07) is 13.1.